The van der Waals surface area contributed by atoms with Crippen molar-refractivity contribution in [1.82, 2.24) is 5.32 Å². The summed E-state index contributed by atoms with van der Waals surface area (Å²) in [6.07, 6.45) is 0. The summed E-state index contributed by atoms with van der Waals surface area (Å²) in [6.45, 7) is 1.67. The van der Waals surface area contributed by atoms with E-state index >= 15 is 0 Å². The van der Waals surface area contributed by atoms with Gasteiger partial charge in [-0.2, -0.15) is 0 Å². The quantitative estimate of drug-likeness (QED) is 0.692. The molecule has 1 aromatic carbocycles. The summed E-state index contributed by atoms with van der Waals surface area (Å²) in [6, 6.07) is 3.98. The fourth-order valence-electron chi connectivity index (χ4n) is 1.18. The van der Waals surface area contributed by atoms with Crippen LogP contribution in [-0.4, -0.2) is 29.2 Å². The van der Waals surface area contributed by atoms with Crippen molar-refractivity contribution in [2.24, 2.45) is 5.73 Å². The Morgan fingerprint density at radius 2 is 2.24 bits per heavy atom. The second-order valence-corrected chi connectivity index (χ2v) is 3.95. The Hall–Kier alpha value is -1.82. The van der Waals surface area contributed by atoms with E-state index in [1.54, 1.807) is 13.0 Å². The third kappa shape index (κ3) is 3.32. The summed E-state index contributed by atoms with van der Waals surface area (Å²) >= 11 is 4.74. The summed E-state index contributed by atoms with van der Waals surface area (Å²) < 4.78 is 4.92. The van der Waals surface area contributed by atoms with Gasteiger partial charge < -0.3 is 20.9 Å². The largest absolute Gasteiger partial charge is 0.507 e. The molecular weight excluding hydrogens is 240 g/mol. The third-order valence-electron chi connectivity index (χ3n) is 2.22. The van der Waals surface area contributed by atoms with Crippen LogP contribution in [0.5, 0.6) is 11.5 Å². The molecule has 0 spiro atoms. The molecule has 0 bridgehead atoms. The minimum Gasteiger partial charge on any atom is -0.507 e. The number of nitrogens with one attached hydrogen (secondary N) is 1. The zero-order chi connectivity index (χ0) is 13.0. The van der Waals surface area contributed by atoms with Gasteiger partial charge in [-0.15, -0.1) is 0 Å². The number of rotatable bonds is 4. The van der Waals surface area contributed by atoms with Crippen molar-refractivity contribution in [1.29, 1.82) is 0 Å². The zero-order valence-electron chi connectivity index (χ0n) is 9.56. The maximum atomic E-state index is 11.8. The summed E-state index contributed by atoms with van der Waals surface area (Å²) in [5.74, 6) is -0.121. The molecule has 6 heteroatoms. The van der Waals surface area contributed by atoms with Gasteiger partial charge in [-0.25, -0.2) is 0 Å². The molecule has 1 amide bonds. The number of hydrogen-bond acceptors (Lipinski definition) is 4. The summed E-state index contributed by atoms with van der Waals surface area (Å²) in [5, 5.41) is 12.2. The predicted molar refractivity (Wildman–Crippen MR) is 68.4 cm³/mol. The average molecular weight is 254 g/mol. The Morgan fingerprint density at radius 1 is 1.59 bits per heavy atom. The lowest BCUT2D eigenvalue weighted by Gasteiger charge is -2.13. The molecule has 1 unspecified atom stereocenters. The van der Waals surface area contributed by atoms with Gasteiger partial charge in [0.15, 0.2) is 0 Å². The highest BCUT2D eigenvalue weighted by Crippen LogP contribution is 2.23. The Balaban J connectivity index is 2.86. The average Bonchev–Trinajstić information content (AvgIpc) is 2.28. The second-order valence-electron chi connectivity index (χ2n) is 3.48. The van der Waals surface area contributed by atoms with Gasteiger partial charge in [0, 0.05) is 6.07 Å². The minimum atomic E-state index is -0.439. The molecule has 0 fully saturated rings. The highest BCUT2D eigenvalue weighted by atomic mass is 32.1. The van der Waals surface area contributed by atoms with Crippen LogP contribution in [0.1, 0.15) is 17.3 Å². The van der Waals surface area contributed by atoms with Gasteiger partial charge in [0.2, 0.25) is 0 Å². The molecule has 0 aromatic heterocycles. The molecule has 5 nitrogen and oxygen atoms in total. The van der Waals surface area contributed by atoms with Crippen molar-refractivity contribution >= 4 is 23.1 Å². The number of hydrogen-bond donors (Lipinski definition) is 3. The van der Waals surface area contributed by atoms with E-state index in [4.69, 9.17) is 22.7 Å². The van der Waals surface area contributed by atoms with E-state index in [1.807, 2.05) is 0 Å². The SMILES string of the molecule is COc1ccc(C(=O)NC(C)C(N)=S)c(O)c1. The van der Waals surface area contributed by atoms with Crippen LogP contribution < -0.4 is 15.8 Å². The number of thiocarbonyl (C=S) groups is 1. The van der Waals surface area contributed by atoms with Gasteiger partial charge >= 0.3 is 0 Å². The van der Waals surface area contributed by atoms with Crippen LogP contribution in [-0.2, 0) is 0 Å². The number of phenols is 1. The second kappa shape index (κ2) is 5.49. The van der Waals surface area contributed by atoms with E-state index < -0.39 is 11.9 Å². The van der Waals surface area contributed by atoms with Gasteiger partial charge in [0.1, 0.15) is 11.5 Å². The number of carbonyl (C=O) groups excluding carboxylic acids is 1. The van der Waals surface area contributed by atoms with Crippen molar-refractivity contribution in [2.75, 3.05) is 7.11 Å². The first-order chi connectivity index (χ1) is 7.95. The molecule has 0 aliphatic rings. The lowest BCUT2D eigenvalue weighted by molar-refractivity contribution is 0.0946. The Bertz CT molecular complexity index is 448. The summed E-state index contributed by atoms with van der Waals surface area (Å²) in [7, 11) is 1.48. The molecule has 0 saturated heterocycles. The fourth-order valence-corrected chi connectivity index (χ4v) is 1.23. The molecule has 0 radical (unpaired) electrons. The van der Waals surface area contributed by atoms with Gasteiger partial charge in [-0.1, -0.05) is 12.2 Å². The van der Waals surface area contributed by atoms with Gasteiger partial charge in [0.25, 0.3) is 5.91 Å². The number of aromatic hydroxyl groups is 1. The smallest absolute Gasteiger partial charge is 0.255 e. The molecule has 0 saturated carbocycles. The van der Waals surface area contributed by atoms with Crippen LogP contribution >= 0.6 is 12.2 Å². The molecule has 0 aliphatic heterocycles. The first kappa shape index (κ1) is 13.2. The molecule has 0 aliphatic carbocycles. The molecule has 0 heterocycles. The van der Waals surface area contributed by atoms with Crippen molar-refractivity contribution in [3.05, 3.63) is 23.8 Å². The van der Waals surface area contributed by atoms with Crippen LogP contribution in [0.25, 0.3) is 0 Å². The van der Waals surface area contributed by atoms with Crippen LogP contribution in [0.4, 0.5) is 0 Å². The Morgan fingerprint density at radius 3 is 2.71 bits per heavy atom. The molecular formula is C11H14N2O3S. The van der Waals surface area contributed by atoms with Gasteiger partial charge in [0.05, 0.1) is 23.7 Å². The van der Waals surface area contributed by atoms with E-state index in [9.17, 15) is 9.90 Å². The van der Waals surface area contributed by atoms with E-state index in [-0.39, 0.29) is 16.3 Å². The summed E-state index contributed by atoms with van der Waals surface area (Å²) in [5.41, 5.74) is 5.53. The Kier molecular flexibility index (Phi) is 4.28. The van der Waals surface area contributed by atoms with Crippen LogP contribution in [0, 0.1) is 0 Å². The molecule has 1 atom stereocenters. The Labute approximate surface area is 105 Å². The predicted octanol–water partition coefficient (Wildman–Crippen LogP) is 0.805. The maximum absolute atomic E-state index is 11.8. The number of methoxy groups -OCH3 is 1. The molecule has 17 heavy (non-hydrogen) atoms. The number of phenolic OH excluding ortho intramolecular Hbond substituents is 1. The van der Waals surface area contributed by atoms with E-state index in [2.05, 4.69) is 5.32 Å². The highest BCUT2D eigenvalue weighted by Gasteiger charge is 2.15. The van der Waals surface area contributed by atoms with Crippen molar-refractivity contribution < 1.29 is 14.6 Å². The van der Waals surface area contributed by atoms with Crippen molar-refractivity contribution in [3.8, 4) is 11.5 Å². The third-order valence-corrected chi connectivity index (χ3v) is 2.58. The monoisotopic (exact) mass is 254 g/mol. The number of amides is 1. The van der Waals surface area contributed by atoms with Gasteiger partial charge in [-0.3, -0.25) is 4.79 Å². The summed E-state index contributed by atoms with van der Waals surface area (Å²) in [4.78, 5) is 11.9. The van der Waals surface area contributed by atoms with E-state index in [1.165, 1.54) is 19.2 Å². The normalized spacial score (nSPS) is 11.6. The number of nitrogens with two attached hydrogens (primary N) is 1. The van der Waals surface area contributed by atoms with Crippen molar-refractivity contribution in [2.45, 2.75) is 13.0 Å². The highest BCUT2D eigenvalue weighted by molar-refractivity contribution is 7.80. The number of benzene rings is 1. The molecule has 1 rings (SSSR count). The van der Waals surface area contributed by atoms with Crippen LogP contribution in [0.3, 0.4) is 0 Å². The lowest BCUT2D eigenvalue weighted by Crippen LogP contribution is -2.41. The van der Waals surface area contributed by atoms with E-state index in [0.717, 1.165) is 0 Å². The lowest BCUT2D eigenvalue weighted by atomic mass is 10.1. The zero-order valence-corrected chi connectivity index (χ0v) is 10.4. The van der Waals surface area contributed by atoms with E-state index in [0.29, 0.717) is 5.75 Å². The first-order valence-corrected chi connectivity index (χ1v) is 5.33. The molecule has 1 aromatic rings. The number of ether oxygens (including phenoxy) is 1. The molecule has 92 valence electrons. The van der Waals surface area contributed by atoms with Gasteiger partial charge in [-0.05, 0) is 19.1 Å². The van der Waals surface area contributed by atoms with Crippen LogP contribution in [0.15, 0.2) is 18.2 Å². The standard InChI is InChI=1S/C11H14N2O3S/c1-6(10(12)17)13-11(15)8-4-3-7(16-2)5-9(8)14/h3-6,14H,1-2H3,(H2,12,17)(H,13,15). The van der Waals surface area contributed by atoms with Crippen LogP contribution in [0.2, 0.25) is 0 Å². The number of carbonyl (C=O) groups is 1. The fraction of sp³-hybridized carbons (Fsp3) is 0.273. The maximum Gasteiger partial charge on any atom is 0.255 e. The molecule has 4 N–H and O–H groups in total. The topological polar surface area (TPSA) is 84.6 Å². The first-order valence-electron chi connectivity index (χ1n) is 4.93. The minimum absolute atomic E-state index is 0.147. The van der Waals surface area contributed by atoms with Crippen molar-refractivity contribution in [3.63, 3.8) is 0 Å².